The van der Waals surface area contributed by atoms with Crippen LogP contribution in [0, 0.1) is 15.9 Å². The van der Waals surface area contributed by atoms with E-state index in [2.05, 4.69) is 0 Å². The van der Waals surface area contributed by atoms with Gasteiger partial charge in [-0.05, 0) is 12.5 Å². The van der Waals surface area contributed by atoms with Crippen LogP contribution in [0.4, 0.5) is 10.1 Å². The van der Waals surface area contributed by atoms with Crippen LogP contribution in [0.1, 0.15) is 23.7 Å². The number of nitro benzene ring substituents is 1. The lowest BCUT2D eigenvalue weighted by atomic mass is 10.1. The average molecular weight is 289 g/mol. The number of nitro groups is 1. The molecule has 0 spiro atoms. The summed E-state index contributed by atoms with van der Waals surface area (Å²) >= 11 is 5.59. The second-order valence-electron chi connectivity index (χ2n) is 3.90. The molecule has 0 N–H and O–H groups in total. The maximum absolute atomic E-state index is 13.7. The zero-order chi connectivity index (χ0) is 14.4. The number of rotatable bonds is 6. The van der Waals surface area contributed by atoms with Gasteiger partial charge in [0, 0.05) is 25.0 Å². The first kappa shape index (κ1) is 15.4. The average Bonchev–Trinajstić information content (AvgIpc) is 2.37. The minimum atomic E-state index is -0.894. The van der Waals surface area contributed by atoms with Crippen LogP contribution < -0.4 is 0 Å². The van der Waals surface area contributed by atoms with E-state index in [-0.39, 0.29) is 17.1 Å². The molecule has 104 valence electrons. The molecule has 0 aliphatic heterocycles. The van der Waals surface area contributed by atoms with E-state index in [1.165, 1.54) is 4.90 Å². The Kier molecular flexibility index (Phi) is 5.69. The minimum absolute atomic E-state index is 0.177. The third-order valence-electron chi connectivity index (χ3n) is 2.53. The molecule has 0 saturated carbocycles. The Morgan fingerprint density at radius 2 is 2.16 bits per heavy atom. The largest absolute Gasteiger partial charge is 0.337 e. The summed E-state index contributed by atoms with van der Waals surface area (Å²) in [5, 5.41) is 10.5. The van der Waals surface area contributed by atoms with Crippen molar-refractivity contribution in [3.05, 3.63) is 39.7 Å². The maximum atomic E-state index is 13.7. The molecule has 1 rings (SSSR count). The predicted octanol–water partition coefficient (Wildman–Crippen LogP) is 2.82. The Hall–Kier alpha value is -1.69. The Morgan fingerprint density at radius 3 is 2.63 bits per heavy atom. The first-order valence-corrected chi connectivity index (χ1v) is 6.33. The number of non-ortho nitro benzene ring substituents is 1. The van der Waals surface area contributed by atoms with Crippen LogP contribution in [0.15, 0.2) is 18.2 Å². The second kappa shape index (κ2) is 7.04. The van der Waals surface area contributed by atoms with Gasteiger partial charge < -0.3 is 4.90 Å². The van der Waals surface area contributed by atoms with E-state index in [0.717, 1.165) is 24.6 Å². The summed E-state index contributed by atoms with van der Waals surface area (Å²) in [4.78, 5) is 23.3. The summed E-state index contributed by atoms with van der Waals surface area (Å²) in [7, 11) is 0. The molecule has 0 heterocycles. The third kappa shape index (κ3) is 3.89. The Balaban J connectivity index is 3.01. The van der Waals surface area contributed by atoms with Crippen LogP contribution in [-0.2, 0) is 0 Å². The quantitative estimate of drug-likeness (QED) is 0.459. The molecular weight excluding hydrogens is 275 g/mol. The normalized spacial score (nSPS) is 10.3. The third-order valence-corrected chi connectivity index (χ3v) is 2.70. The highest BCUT2D eigenvalue weighted by Gasteiger charge is 2.20. The summed E-state index contributed by atoms with van der Waals surface area (Å²) in [5.41, 5.74) is -0.558. The van der Waals surface area contributed by atoms with Crippen molar-refractivity contribution >= 4 is 23.2 Å². The molecule has 0 aromatic heterocycles. The number of halogens is 2. The van der Waals surface area contributed by atoms with Crippen molar-refractivity contribution in [1.29, 1.82) is 0 Å². The Morgan fingerprint density at radius 1 is 1.47 bits per heavy atom. The lowest BCUT2D eigenvalue weighted by Gasteiger charge is -2.21. The molecule has 0 aliphatic rings. The maximum Gasteiger partial charge on any atom is 0.272 e. The summed E-state index contributed by atoms with van der Waals surface area (Å²) in [6, 6.07) is 2.99. The van der Waals surface area contributed by atoms with E-state index in [9.17, 15) is 19.3 Å². The van der Waals surface area contributed by atoms with Crippen molar-refractivity contribution in [1.82, 2.24) is 4.90 Å². The van der Waals surface area contributed by atoms with E-state index >= 15 is 0 Å². The van der Waals surface area contributed by atoms with Gasteiger partial charge in [-0.3, -0.25) is 14.9 Å². The minimum Gasteiger partial charge on any atom is -0.337 e. The number of alkyl halides is 1. The molecule has 0 atom stereocenters. The molecule has 0 saturated heterocycles. The molecule has 5 nitrogen and oxygen atoms in total. The van der Waals surface area contributed by atoms with Crippen LogP contribution >= 0.6 is 11.6 Å². The predicted molar refractivity (Wildman–Crippen MR) is 70.0 cm³/mol. The molecular formula is C12H14ClFN2O3. The van der Waals surface area contributed by atoms with Gasteiger partial charge in [0.15, 0.2) is 0 Å². The number of hydrogen-bond acceptors (Lipinski definition) is 3. The summed E-state index contributed by atoms with van der Waals surface area (Å²) in [6.45, 7) is 2.66. The lowest BCUT2D eigenvalue weighted by Crippen LogP contribution is -2.34. The fraction of sp³-hybridized carbons (Fsp3) is 0.417. The van der Waals surface area contributed by atoms with Crippen molar-refractivity contribution in [2.75, 3.05) is 19.0 Å². The number of nitrogens with zero attached hydrogens (tertiary/aromatic N) is 2. The SMILES string of the molecule is CCCN(CCCl)C(=O)c1ccc([N+](=O)[O-])cc1F. The standard InChI is InChI=1S/C12H14ClFN2O3/c1-2-6-15(7-5-13)12(17)10-4-3-9(16(18)19)8-11(10)14/h3-4,8H,2,5-7H2,1H3. The summed E-state index contributed by atoms with van der Waals surface area (Å²) in [6.07, 6.45) is 0.719. The van der Waals surface area contributed by atoms with Crippen molar-refractivity contribution < 1.29 is 14.1 Å². The van der Waals surface area contributed by atoms with E-state index in [0.29, 0.717) is 13.1 Å². The monoisotopic (exact) mass is 288 g/mol. The van der Waals surface area contributed by atoms with Crippen LogP contribution in [0.3, 0.4) is 0 Å². The molecule has 0 radical (unpaired) electrons. The molecule has 0 unspecified atom stereocenters. The highest BCUT2D eigenvalue weighted by Crippen LogP contribution is 2.18. The van der Waals surface area contributed by atoms with Gasteiger partial charge in [-0.15, -0.1) is 11.6 Å². The van der Waals surface area contributed by atoms with E-state index in [1.807, 2.05) is 6.92 Å². The molecule has 1 aromatic rings. The Labute approximate surface area is 115 Å². The Bertz CT molecular complexity index is 476. The van der Waals surface area contributed by atoms with Gasteiger partial charge in [-0.1, -0.05) is 6.92 Å². The molecule has 19 heavy (non-hydrogen) atoms. The van der Waals surface area contributed by atoms with E-state index in [1.54, 1.807) is 0 Å². The highest BCUT2D eigenvalue weighted by molar-refractivity contribution is 6.18. The fourth-order valence-corrected chi connectivity index (χ4v) is 1.85. The first-order chi connectivity index (χ1) is 9.01. The number of amides is 1. The summed E-state index contributed by atoms with van der Waals surface area (Å²) in [5.74, 6) is -1.15. The molecule has 1 amide bonds. The number of hydrogen-bond donors (Lipinski definition) is 0. The number of carbonyl (C=O) groups is 1. The van der Waals surface area contributed by atoms with Crippen LogP contribution in [-0.4, -0.2) is 34.7 Å². The zero-order valence-electron chi connectivity index (χ0n) is 10.4. The van der Waals surface area contributed by atoms with Gasteiger partial charge in [0.25, 0.3) is 11.6 Å². The molecule has 0 aliphatic carbocycles. The van der Waals surface area contributed by atoms with Crippen LogP contribution in [0.2, 0.25) is 0 Å². The van der Waals surface area contributed by atoms with Crippen molar-refractivity contribution in [3.8, 4) is 0 Å². The number of carbonyl (C=O) groups excluding carboxylic acids is 1. The topological polar surface area (TPSA) is 63.5 Å². The first-order valence-electron chi connectivity index (χ1n) is 5.80. The van der Waals surface area contributed by atoms with Crippen LogP contribution in [0.25, 0.3) is 0 Å². The molecule has 1 aromatic carbocycles. The van der Waals surface area contributed by atoms with Crippen molar-refractivity contribution in [3.63, 3.8) is 0 Å². The van der Waals surface area contributed by atoms with Gasteiger partial charge in [0.2, 0.25) is 0 Å². The fourth-order valence-electron chi connectivity index (χ4n) is 1.65. The van der Waals surface area contributed by atoms with Crippen LogP contribution in [0.5, 0.6) is 0 Å². The van der Waals surface area contributed by atoms with Crippen molar-refractivity contribution in [2.45, 2.75) is 13.3 Å². The van der Waals surface area contributed by atoms with E-state index < -0.39 is 16.6 Å². The second-order valence-corrected chi connectivity index (χ2v) is 4.28. The highest BCUT2D eigenvalue weighted by atomic mass is 35.5. The lowest BCUT2D eigenvalue weighted by molar-refractivity contribution is -0.385. The van der Waals surface area contributed by atoms with E-state index in [4.69, 9.17) is 11.6 Å². The van der Waals surface area contributed by atoms with Gasteiger partial charge in [-0.25, -0.2) is 4.39 Å². The van der Waals surface area contributed by atoms with Crippen molar-refractivity contribution in [2.24, 2.45) is 0 Å². The smallest absolute Gasteiger partial charge is 0.272 e. The van der Waals surface area contributed by atoms with Gasteiger partial charge in [-0.2, -0.15) is 0 Å². The van der Waals surface area contributed by atoms with Gasteiger partial charge in [0.1, 0.15) is 5.82 Å². The molecule has 0 fully saturated rings. The van der Waals surface area contributed by atoms with Gasteiger partial charge >= 0.3 is 0 Å². The zero-order valence-corrected chi connectivity index (χ0v) is 11.2. The summed E-state index contributed by atoms with van der Waals surface area (Å²) < 4.78 is 13.7. The molecule has 0 bridgehead atoms. The van der Waals surface area contributed by atoms with Gasteiger partial charge in [0.05, 0.1) is 16.6 Å². The molecule has 7 heteroatoms. The number of benzene rings is 1.